The number of aryl methyl sites for hydroxylation is 2. The number of carbonyl (C=O) groups excluding carboxylic acids is 1. The Hall–Kier alpha value is -2.89. The number of nitrogens with one attached hydrogen (secondary N) is 1. The van der Waals surface area contributed by atoms with Crippen LogP contribution in [0.1, 0.15) is 21.7 Å². The quantitative estimate of drug-likeness (QED) is 0.785. The summed E-state index contributed by atoms with van der Waals surface area (Å²) >= 11 is 0. The van der Waals surface area contributed by atoms with Gasteiger partial charge in [0.05, 0.1) is 5.69 Å². The summed E-state index contributed by atoms with van der Waals surface area (Å²) in [5.41, 5.74) is 3.48. The Kier molecular flexibility index (Phi) is 4.23. The predicted molar refractivity (Wildman–Crippen MR) is 85.9 cm³/mol. The first-order valence-electron chi connectivity index (χ1n) is 7.41. The number of hydrogen-bond donors (Lipinski definition) is 1. The van der Waals surface area contributed by atoms with E-state index in [1.165, 1.54) is 5.56 Å². The van der Waals surface area contributed by atoms with Crippen LogP contribution in [-0.4, -0.2) is 27.2 Å². The molecule has 6 nitrogen and oxygen atoms in total. The van der Waals surface area contributed by atoms with Crippen LogP contribution in [0.25, 0.3) is 11.5 Å². The van der Waals surface area contributed by atoms with E-state index in [2.05, 4.69) is 15.4 Å². The van der Waals surface area contributed by atoms with Crippen molar-refractivity contribution < 1.29 is 9.21 Å². The van der Waals surface area contributed by atoms with E-state index in [0.717, 1.165) is 11.3 Å². The Morgan fingerprint density at radius 1 is 1.26 bits per heavy atom. The molecule has 1 amide bonds. The Balaban J connectivity index is 1.56. The molecule has 0 spiro atoms. The summed E-state index contributed by atoms with van der Waals surface area (Å²) in [7, 11) is 1.74. The maximum absolute atomic E-state index is 12.0. The van der Waals surface area contributed by atoms with Gasteiger partial charge in [-0.15, -0.1) is 0 Å². The lowest BCUT2D eigenvalue weighted by Gasteiger charge is -2.03. The highest BCUT2D eigenvalue weighted by Crippen LogP contribution is 2.19. The van der Waals surface area contributed by atoms with Crippen molar-refractivity contribution in [1.82, 2.24) is 20.1 Å². The van der Waals surface area contributed by atoms with Gasteiger partial charge < -0.3 is 9.73 Å². The molecule has 0 fully saturated rings. The molecule has 0 aliphatic rings. The molecule has 2 aromatic heterocycles. The third-order valence-corrected chi connectivity index (χ3v) is 3.57. The smallest absolute Gasteiger partial charge is 0.269 e. The lowest BCUT2D eigenvalue weighted by atomic mass is 10.1. The lowest BCUT2D eigenvalue weighted by Crippen LogP contribution is -2.27. The van der Waals surface area contributed by atoms with E-state index in [1.807, 2.05) is 31.2 Å². The van der Waals surface area contributed by atoms with Crippen LogP contribution in [0.3, 0.4) is 0 Å². The van der Waals surface area contributed by atoms with Crippen LogP contribution in [0.5, 0.6) is 0 Å². The largest absolute Gasteiger partial charge is 0.444 e. The number of benzene rings is 1. The van der Waals surface area contributed by atoms with E-state index in [-0.39, 0.29) is 5.91 Å². The van der Waals surface area contributed by atoms with Gasteiger partial charge in [-0.05, 0) is 25.1 Å². The molecule has 0 aliphatic heterocycles. The summed E-state index contributed by atoms with van der Waals surface area (Å²) in [6, 6.07) is 9.69. The molecule has 23 heavy (non-hydrogen) atoms. The molecule has 0 saturated carbocycles. The highest BCUT2D eigenvalue weighted by Gasteiger charge is 2.10. The molecule has 3 rings (SSSR count). The molecule has 0 bridgehead atoms. The number of oxazole rings is 1. The normalized spacial score (nSPS) is 10.7. The number of hydrogen-bond acceptors (Lipinski definition) is 4. The van der Waals surface area contributed by atoms with Crippen molar-refractivity contribution in [3.63, 3.8) is 0 Å². The highest BCUT2D eigenvalue weighted by molar-refractivity contribution is 5.92. The fourth-order valence-electron chi connectivity index (χ4n) is 2.24. The van der Waals surface area contributed by atoms with Gasteiger partial charge in [-0.3, -0.25) is 9.48 Å². The van der Waals surface area contributed by atoms with Crippen LogP contribution in [-0.2, 0) is 13.5 Å². The van der Waals surface area contributed by atoms with E-state index in [9.17, 15) is 4.79 Å². The van der Waals surface area contributed by atoms with Gasteiger partial charge in [-0.2, -0.15) is 5.10 Å². The maximum Gasteiger partial charge on any atom is 0.269 e. The average molecular weight is 310 g/mol. The van der Waals surface area contributed by atoms with Crippen LogP contribution in [0.4, 0.5) is 0 Å². The van der Waals surface area contributed by atoms with Crippen molar-refractivity contribution in [2.24, 2.45) is 7.05 Å². The topological polar surface area (TPSA) is 73.0 Å². The molecule has 118 valence electrons. The molecule has 6 heteroatoms. The molecule has 0 atom stereocenters. The zero-order chi connectivity index (χ0) is 16.2. The summed E-state index contributed by atoms with van der Waals surface area (Å²) < 4.78 is 7.04. The predicted octanol–water partition coefficient (Wildman–Crippen LogP) is 2.36. The Labute approximate surface area is 134 Å². The molecule has 0 radical (unpaired) electrons. The third-order valence-electron chi connectivity index (χ3n) is 3.57. The summed E-state index contributed by atoms with van der Waals surface area (Å²) in [5, 5.41) is 6.82. The second kappa shape index (κ2) is 6.48. The van der Waals surface area contributed by atoms with Crippen LogP contribution >= 0.6 is 0 Å². The summed E-state index contributed by atoms with van der Waals surface area (Å²) in [5.74, 6) is 0.449. The van der Waals surface area contributed by atoms with E-state index in [4.69, 9.17) is 4.42 Å². The van der Waals surface area contributed by atoms with Crippen LogP contribution in [0, 0.1) is 6.92 Å². The van der Waals surface area contributed by atoms with E-state index in [1.54, 1.807) is 30.3 Å². The van der Waals surface area contributed by atoms with Gasteiger partial charge in [-0.25, -0.2) is 4.98 Å². The average Bonchev–Trinajstić information content (AvgIpc) is 3.17. The first-order valence-corrected chi connectivity index (χ1v) is 7.41. The van der Waals surface area contributed by atoms with Crippen molar-refractivity contribution >= 4 is 5.91 Å². The second-order valence-electron chi connectivity index (χ2n) is 5.36. The van der Waals surface area contributed by atoms with Crippen LogP contribution < -0.4 is 5.32 Å². The second-order valence-corrected chi connectivity index (χ2v) is 5.36. The van der Waals surface area contributed by atoms with Gasteiger partial charge in [0.1, 0.15) is 12.0 Å². The summed E-state index contributed by atoms with van der Waals surface area (Å²) in [6.07, 6.45) is 3.84. The highest BCUT2D eigenvalue weighted by atomic mass is 16.3. The molecule has 0 saturated heterocycles. The number of aromatic nitrogens is 3. The maximum atomic E-state index is 12.0. The van der Waals surface area contributed by atoms with Gasteiger partial charge in [-0.1, -0.05) is 17.7 Å². The minimum absolute atomic E-state index is 0.146. The molecular formula is C17H18N4O2. The lowest BCUT2D eigenvalue weighted by molar-refractivity contribution is 0.0944. The number of carbonyl (C=O) groups is 1. The standard InChI is InChI=1S/C17H18N4O2/c1-12-3-5-13(6-4-12)17-20-14(11-23-17)7-9-18-16(22)15-8-10-19-21(15)2/h3-6,8,10-11H,7,9H2,1-2H3,(H,18,22). The van der Waals surface area contributed by atoms with Gasteiger partial charge in [0, 0.05) is 31.8 Å². The van der Waals surface area contributed by atoms with E-state index in [0.29, 0.717) is 24.6 Å². The Bertz CT molecular complexity index is 802. The number of rotatable bonds is 5. The Morgan fingerprint density at radius 2 is 2.04 bits per heavy atom. The van der Waals surface area contributed by atoms with Gasteiger partial charge in [0.2, 0.25) is 5.89 Å². The van der Waals surface area contributed by atoms with Crippen LogP contribution in [0.15, 0.2) is 47.2 Å². The van der Waals surface area contributed by atoms with Crippen molar-refractivity contribution in [2.75, 3.05) is 6.54 Å². The monoisotopic (exact) mass is 310 g/mol. The molecule has 3 aromatic rings. The minimum Gasteiger partial charge on any atom is -0.444 e. The van der Waals surface area contributed by atoms with Gasteiger partial charge in [0.25, 0.3) is 5.91 Å². The fraction of sp³-hybridized carbons (Fsp3) is 0.235. The molecule has 0 aliphatic carbocycles. The molecule has 2 heterocycles. The van der Waals surface area contributed by atoms with Crippen LogP contribution in [0.2, 0.25) is 0 Å². The van der Waals surface area contributed by atoms with Crippen molar-refractivity contribution in [3.05, 3.63) is 59.7 Å². The van der Waals surface area contributed by atoms with E-state index < -0.39 is 0 Å². The zero-order valence-corrected chi connectivity index (χ0v) is 13.1. The minimum atomic E-state index is -0.146. The SMILES string of the molecule is Cc1ccc(-c2nc(CCNC(=O)c3ccnn3C)co2)cc1. The van der Waals surface area contributed by atoms with Gasteiger partial charge in [0.15, 0.2) is 0 Å². The zero-order valence-electron chi connectivity index (χ0n) is 13.1. The summed E-state index contributed by atoms with van der Waals surface area (Å²) in [6.45, 7) is 2.53. The molecule has 0 unspecified atom stereocenters. The third kappa shape index (κ3) is 3.48. The van der Waals surface area contributed by atoms with Crippen molar-refractivity contribution in [2.45, 2.75) is 13.3 Å². The van der Waals surface area contributed by atoms with E-state index >= 15 is 0 Å². The van der Waals surface area contributed by atoms with Gasteiger partial charge >= 0.3 is 0 Å². The van der Waals surface area contributed by atoms with Crippen molar-refractivity contribution in [1.29, 1.82) is 0 Å². The Morgan fingerprint density at radius 3 is 2.74 bits per heavy atom. The number of nitrogens with zero attached hydrogens (tertiary/aromatic N) is 3. The summed E-state index contributed by atoms with van der Waals surface area (Å²) in [4.78, 5) is 16.4. The first-order chi connectivity index (χ1) is 11.1. The number of amides is 1. The first kappa shape index (κ1) is 15.0. The molecule has 1 N–H and O–H groups in total. The molecular weight excluding hydrogens is 292 g/mol. The fourth-order valence-corrected chi connectivity index (χ4v) is 2.24. The van der Waals surface area contributed by atoms with Crippen molar-refractivity contribution in [3.8, 4) is 11.5 Å². The molecule has 1 aromatic carbocycles.